The molecule has 0 aliphatic rings. The normalized spacial score (nSPS) is 10.4. The molecule has 0 aliphatic carbocycles. The van der Waals surface area contributed by atoms with Crippen molar-refractivity contribution in [3.05, 3.63) is 87.8 Å². The molecule has 0 amide bonds. The molecule has 0 radical (unpaired) electrons. The highest BCUT2D eigenvalue weighted by atomic mass is 35.5. The van der Waals surface area contributed by atoms with Crippen LogP contribution in [0.2, 0.25) is 5.02 Å². The maximum atomic E-state index is 11.3. The molecule has 110 valence electrons. The van der Waals surface area contributed by atoms with Gasteiger partial charge >= 0.3 is 0 Å². The number of ether oxygens (including phenoxy) is 1. The Morgan fingerprint density at radius 3 is 2.55 bits per heavy atom. The summed E-state index contributed by atoms with van der Waals surface area (Å²) in [7, 11) is 0. The van der Waals surface area contributed by atoms with Crippen LogP contribution in [0, 0.1) is 0 Å². The molecule has 1 aromatic heterocycles. The molecule has 3 rings (SSSR count). The monoisotopic (exact) mass is 311 g/mol. The molecule has 4 heteroatoms. The highest BCUT2D eigenvalue weighted by Gasteiger charge is 2.03. The van der Waals surface area contributed by atoms with Crippen molar-refractivity contribution in [2.24, 2.45) is 0 Å². The molecule has 0 bridgehead atoms. The third-order valence-corrected chi connectivity index (χ3v) is 3.55. The molecule has 3 nitrogen and oxygen atoms in total. The molecule has 0 saturated heterocycles. The first-order valence-electron chi connectivity index (χ1n) is 6.88. The van der Waals surface area contributed by atoms with Crippen LogP contribution in [0.4, 0.5) is 0 Å². The maximum absolute atomic E-state index is 11.3. The number of H-pyrrole nitrogens is 1. The fraction of sp³-hybridized carbons (Fsp3) is 0.0556. The van der Waals surface area contributed by atoms with Crippen molar-refractivity contribution in [2.75, 3.05) is 0 Å². The molecule has 1 N–H and O–H groups in total. The molecule has 0 saturated carbocycles. The SMILES string of the molecule is O=c1[nH]cc(-c2cccc(OCc3ccccc3)c2)cc1Cl. The molecule has 0 atom stereocenters. The Hall–Kier alpha value is -2.52. The second kappa shape index (κ2) is 6.50. The molecular formula is C18H14ClNO2. The fourth-order valence-corrected chi connectivity index (χ4v) is 2.30. The Labute approximate surface area is 133 Å². The van der Waals surface area contributed by atoms with Crippen LogP contribution in [0.1, 0.15) is 5.56 Å². The Bertz CT molecular complexity index is 828. The summed E-state index contributed by atoms with van der Waals surface area (Å²) < 4.78 is 5.80. The number of hydrogen-bond acceptors (Lipinski definition) is 2. The van der Waals surface area contributed by atoms with Crippen LogP contribution in [0.15, 0.2) is 71.7 Å². The number of benzene rings is 2. The topological polar surface area (TPSA) is 42.1 Å². The minimum Gasteiger partial charge on any atom is -0.489 e. The van der Waals surface area contributed by atoms with Crippen LogP contribution in [-0.2, 0) is 6.61 Å². The highest BCUT2D eigenvalue weighted by molar-refractivity contribution is 6.30. The van der Waals surface area contributed by atoms with Crippen LogP contribution < -0.4 is 10.3 Å². The summed E-state index contributed by atoms with van der Waals surface area (Å²) in [5.74, 6) is 0.767. The lowest BCUT2D eigenvalue weighted by molar-refractivity contribution is 0.306. The van der Waals surface area contributed by atoms with Crippen molar-refractivity contribution in [1.29, 1.82) is 0 Å². The van der Waals surface area contributed by atoms with E-state index in [1.807, 2.05) is 54.6 Å². The van der Waals surface area contributed by atoms with Crippen LogP contribution in [0.5, 0.6) is 5.75 Å². The molecule has 0 unspecified atom stereocenters. The average molecular weight is 312 g/mol. The number of pyridine rings is 1. The zero-order valence-corrected chi connectivity index (χ0v) is 12.5. The Morgan fingerprint density at radius 2 is 1.77 bits per heavy atom. The first-order valence-corrected chi connectivity index (χ1v) is 7.25. The van der Waals surface area contributed by atoms with E-state index in [2.05, 4.69) is 4.98 Å². The van der Waals surface area contributed by atoms with Gasteiger partial charge in [-0.2, -0.15) is 0 Å². The van der Waals surface area contributed by atoms with Crippen molar-refractivity contribution < 1.29 is 4.74 Å². The predicted molar refractivity (Wildman–Crippen MR) is 88.3 cm³/mol. The minimum absolute atomic E-state index is 0.174. The van der Waals surface area contributed by atoms with Gasteiger partial charge in [0.05, 0.1) is 0 Å². The molecule has 0 aliphatic heterocycles. The van der Waals surface area contributed by atoms with Crippen molar-refractivity contribution in [3.8, 4) is 16.9 Å². The van der Waals surface area contributed by atoms with Crippen LogP contribution >= 0.6 is 11.6 Å². The number of aromatic nitrogens is 1. The zero-order valence-electron chi connectivity index (χ0n) is 11.8. The smallest absolute Gasteiger partial charge is 0.266 e. The van der Waals surface area contributed by atoms with E-state index in [1.54, 1.807) is 12.3 Å². The largest absolute Gasteiger partial charge is 0.489 e. The minimum atomic E-state index is -0.290. The molecule has 1 heterocycles. The van der Waals surface area contributed by atoms with Gasteiger partial charge in [-0.1, -0.05) is 54.1 Å². The Morgan fingerprint density at radius 1 is 0.955 bits per heavy atom. The number of nitrogens with one attached hydrogen (secondary N) is 1. The van der Waals surface area contributed by atoms with Gasteiger partial charge in [-0.15, -0.1) is 0 Å². The fourth-order valence-electron chi connectivity index (χ4n) is 2.13. The summed E-state index contributed by atoms with van der Waals surface area (Å²) in [5.41, 5.74) is 2.60. The summed E-state index contributed by atoms with van der Waals surface area (Å²) in [4.78, 5) is 13.9. The van der Waals surface area contributed by atoms with E-state index < -0.39 is 0 Å². The van der Waals surface area contributed by atoms with Crippen molar-refractivity contribution >= 4 is 11.6 Å². The van der Waals surface area contributed by atoms with E-state index in [-0.39, 0.29) is 10.6 Å². The molecule has 2 aromatic carbocycles. The zero-order chi connectivity index (χ0) is 15.4. The van der Waals surface area contributed by atoms with E-state index >= 15 is 0 Å². The number of hydrogen-bond donors (Lipinski definition) is 1. The summed E-state index contributed by atoms with van der Waals surface area (Å²) in [6.07, 6.45) is 1.64. The van der Waals surface area contributed by atoms with Gasteiger partial charge in [0.2, 0.25) is 0 Å². The lowest BCUT2D eigenvalue weighted by atomic mass is 10.1. The predicted octanol–water partition coefficient (Wildman–Crippen LogP) is 4.27. The first-order chi connectivity index (χ1) is 10.7. The first kappa shape index (κ1) is 14.4. The van der Waals surface area contributed by atoms with Gasteiger partial charge in [-0.25, -0.2) is 0 Å². The van der Waals surface area contributed by atoms with Crippen LogP contribution in [-0.4, -0.2) is 4.98 Å². The van der Waals surface area contributed by atoms with Crippen LogP contribution in [0.25, 0.3) is 11.1 Å². The standard InChI is InChI=1S/C18H14ClNO2/c19-17-10-15(11-20-18(17)21)14-7-4-8-16(9-14)22-12-13-5-2-1-3-6-13/h1-11H,12H2,(H,20,21). The summed E-state index contributed by atoms with van der Waals surface area (Å²) >= 11 is 5.87. The number of aromatic amines is 1. The molecular weight excluding hydrogens is 298 g/mol. The van der Waals surface area contributed by atoms with Gasteiger partial charge in [0.25, 0.3) is 5.56 Å². The van der Waals surface area contributed by atoms with Crippen molar-refractivity contribution in [3.63, 3.8) is 0 Å². The summed E-state index contributed by atoms with van der Waals surface area (Å²) in [6.45, 7) is 0.511. The van der Waals surface area contributed by atoms with Gasteiger partial charge in [0.15, 0.2) is 0 Å². The van der Waals surface area contributed by atoms with Gasteiger partial charge in [0, 0.05) is 6.20 Å². The van der Waals surface area contributed by atoms with Gasteiger partial charge in [-0.05, 0) is 34.9 Å². The lowest BCUT2D eigenvalue weighted by Crippen LogP contribution is -2.04. The van der Waals surface area contributed by atoms with E-state index in [9.17, 15) is 4.79 Å². The van der Waals surface area contributed by atoms with Gasteiger partial charge in [0.1, 0.15) is 17.4 Å². The Balaban J connectivity index is 1.80. The van der Waals surface area contributed by atoms with Gasteiger partial charge < -0.3 is 9.72 Å². The van der Waals surface area contributed by atoms with Gasteiger partial charge in [-0.3, -0.25) is 4.79 Å². The van der Waals surface area contributed by atoms with Crippen molar-refractivity contribution in [2.45, 2.75) is 6.61 Å². The summed E-state index contributed by atoms with van der Waals surface area (Å²) in [6, 6.07) is 19.3. The third-order valence-electron chi connectivity index (χ3n) is 3.27. The van der Waals surface area contributed by atoms with Crippen molar-refractivity contribution in [1.82, 2.24) is 4.98 Å². The highest BCUT2D eigenvalue weighted by Crippen LogP contribution is 2.24. The number of rotatable bonds is 4. The molecule has 3 aromatic rings. The van der Waals surface area contributed by atoms with E-state index in [1.165, 1.54) is 0 Å². The molecule has 22 heavy (non-hydrogen) atoms. The second-order valence-electron chi connectivity index (χ2n) is 4.87. The Kier molecular flexibility index (Phi) is 4.26. The molecule has 0 spiro atoms. The maximum Gasteiger partial charge on any atom is 0.266 e. The van der Waals surface area contributed by atoms with E-state index in [0.717, 1.165) is 22.4 Å². The lowest BCUT2D eigenvalue weighted by Gasteiger charge is -2.08. The van der Waals surface area contributed by atoms with Crippen LogP contribution in [0.3, 0.4) is 0 Å². The summed E-state index contributed by atoms with van der Waals surface area (Å²) in [5, 5.41) is 0.174. The molecule has 0 fully saturated rings. The quantitative estimate of drug-likeness (QED) is 0.781. The average Bonchev–Trinajstić information content (AvgIpc) is 2.57. The number of halogens is 1. The van der Waals surface area contributed by atoms with E-state index in [0.29, 0.717) is 6.61 Å². The third kappa shape index (κ3) is 3.38. The second-order valence-corrected chi connectivity index (χ2v) is 5.27. The van der Waals surface area contributed by atoms with E-state index in [4.69, 9.17) is 16.3 Å².